The first kappa shape index (κ1) is 20.2. The molecule has 0 unspecified atom stereocenters. The van der Waals surface area contributed by atoms with Gasteiger partial charge in [0, 0.05) is 17.1 Å². The first-order valence-corrected chi connectivity index (χ1v) is 9.31. The maximum Gasteiger partial charge on any atom is 0.331 e. The van der Waals surface area contributed by atoms with E-state index in [2.05, 4.69) is 5.32 Å². The summed E-state index contributed by atoms with van der Waals surface area (Å²) in [5.74, 6) is 0.0831. The Kier molecular flexibility index (Phi) is 6.34. The van der Waals surface area contributed by atoms with Crippen LogP contribution in [0.5, 0.6) is 5.75 Å². The van der Waals surface area contributed by atoms with Crippen molar-refractivity contribution in [1.82, 2.24) is 0 Å². The van der Waals surface area contributed by atoms with Crippen LogP contribution >= 0.6 is 0 Å². The average molecular weight is 393 g/mol. The second-order valence-corrected chi connectivity index (χ2v) is 6.48. The van der Waals surface area contributed by atoms with Crippen molar-refractivity contribution in [3.63, 3.8) is 0 Å². The molecule has 1 amide bonds. The predicted molar refractivity (Wildman–Crippen MR) is 112 cm³/mol. The molecule has 0 radical (unpaired) electrons. The van der Waals surface area contributed by atoms with Crippen molar-refractivity contribution < 1.29 is 23.5 Å². The molecule has 0 saturated carbocycles. The zero-order valence-electron chi connectivity index (χ0n) is 16.7. The van der Waals surface area contributed by atoms with Gasteiger partial charge in [0.05, 0.1) is 7.11 Å². The molecule has 3 rings (SSSR count). The molecule has 150 valence electrons. The van der Waals surface area contributed by atoms with Crippen molar-refractivity contribution in [2.24, 2.45) is 0 Å². The van der Waals surface area contributed by atoms with Crippen LogP contribution in [0.1, 0.15) is 23.8 Å². The summed E-state index contributed by atoms with van der Waals surface area (Å²) in [5, 5.41) is 3.68. The number of rotatable bonds is 7. The van der Waals surface area contributed by atoms with E-state index in [0.717, 1.165) is 28.6 Å². The molecule has 0 aliphatic carbocycles. The molecule has 0 aliphatic rings. The van der Waals surface area contributed by atoms with E-state index in [1.165, 1.54) is 12.2 Å². The van der Waals surface area contributed by atoms with Gasteiger partial charge in [-0.15, -0.1) is 0 Å². The fourth-order valence-corrected chi connectivity index (χ4v) is 3.01. The van der Waals surface area contributed by atoms with E-state index in [1.807, 2.05) is 44.2 Å². The normalized spacial score (nSPS) is 11.0. The number of anilines is 1. The summed E-state index contributed by atoms with van der Waals surface area (Å²) in [6.07, 6.45) is 3.51. The molecule has 0 bridgehead atoms. The lowest BCUT2D eigenvalue weighted by atomic mass is 10.1. The Hall–Kier alpha value is -3.54. The highest BCUT2D eigenvalue weighted by atomic mass is 16.5. The molecule has 1 N–H and O–H groups in total. The number of para-hydroxylation sites is 2. The van der Waals surface area contributed by atoms with E-state index >= 15 is 0 Å². The molecular weight excluding hydrogens is 370 g/mol. The number of esters is 1. The molecule has 0 spiro atoms. The van der Waals surface area contributed by atoms with Crippen LogP contribution in [-0.4, -0.2) is 25.6 Å². The summed E-state index contributed by atoms with van der Waals surface area (Å²) in [5.41, 5.74) is 3.37. The van der Waals surface area contributed by atoms with E-state index in [4.69, 9.17) is 13.9 Å². The summed E-state index contributed by atoms with van der Waals surface area (Å²) >= 11 is 0. The van der Waals surface area contributed by atoms with Crippen molar-refractivity contribution in [2.75, 3.05) is 19.0 Å². The molecule has 0 atom stereocenters. The van der Waals surface area contributed by atoms with Gasteiger partial charge in [0.25, 0.3) is 5.91 Å². The number of carbonyl (C=O) groups is 2. The Morgan fingerprint density at radius 3 is 2.72 bits per heavy atom. The van der Waals surface area contributed by atoms with Gasteiger partial charge >= 0.3 is 5.97 Å². The Labute approximate surface area is 169 Å². The Bertz CT molecular complexity index is 1060. The minimum Gasteiger partial charge on any atom is -0.493 e. The number of furan rings is 1. The van der Waals surface area contributed by atoms with Crippen molar-refractivity contribution >= 4 is 34.6 Å². The van der Waals surface area contributed by atoms with Gasteiger partial charge < -0.3 is 19.2 Å². The molecule has 1 heterocycles. The van der Waals surface area contributed by atoms with E-state index < -0.39 is 5.97 Å². The van der Waals surface area contributed by atoms with Crippen LogP contribution in [0.3, 0.4) is 0 Å². The summed E-state index contributed by atoms with van der Waals surface area (Å²) in [7, 11) is 1.57. The number of methoxy groups -OCH3 is 1. The zero-order chi connectivity index (χ0) is 20.8. The lowest BCUT2D eigenvalue weighted by Gasteiger charge is -2.12. The molecule has 0 saturated heterocycles. The fraction of sp³-hybridized carbons (Fsp3) is 0.217. The number of aryl methyl sites for hydroxylation is 2. The maximum absolute atomic E-state index is 12.2. The van der Waals surface area contributed by atoms with E-state index in [0.29, 0.717) is 17.1 Å². The van der Waals surface area contributed by atoms with Crippen molar-refractivity contribution in [1.29, 1.82) is 0 Å². The molecule has 0 aliphatic heterocycles. The van der Waals surface area contributed by atoms with E-state index in [9.17, 15) is 9.59 Å². The third-order valence-corrected chi connectivity index (χ3v) is 4.48. The molecular formula is C23H23NO5. The molecule has 3 aromatic rings. The third-order valence-electron chi connectivity index (χ3n) is 4.48. The number of fused-ring (bicyclic) bond motifs is 1. The molecule has 29 heavy (non-hydrogen) atoms. The van der Waals surface area contributed by atoms with E-state index in [1.54, 1.807) is 19.2 Å². The number of hydrogen-bond acceptors (Lipinski definition) is 5. The van der Waals surface area contributed by atoms with Crippen LogP contribution in [0.4, 0.5) is 5.69 Å². The second kappa shape index (κ2) is 9.10. The Morgan fingerprint density at radius 2 is 1.97 bits per heavy atom. The van der Waals surface area contributed by atoms with Crippen LogP contribution in [0.15, 0.2) is 53.0 Å². The SMILES string of the molecule is CCc1cccc(C)c1NC(=O)COC(=O)/C=C/c1cc2cccc(OC)c2o1. The Morgan fingerprint density at radius 1 is 1.17 bits per heavy atom. The number of nitrogens with one attached hydrogen (secondary N) is 1. The highest BCUT2D eigenvalue weighted by Gasteiger charge is 2.11. The number of carbonyl (C=O) groups excluding carboxylic acids is 2. The van der Waals surface area contributed by atoms with Gasteiger partial charge in [-0.25, -0.2) is 4.79 Å². The predicted octanol–water partition coefficient (Wildman–Crippen LogP) is 4.51. The van der Waals surface area contributed by atoms with Crippen LogP contribution in [-0.2, 0) is 20.7 Å². The summed E-state index contributed by atoms with van der Waals surface area (Å²) in [4.78, 5) is 24.1. The first-order valence-electron chi connectivity index (χ1n) is 9.31. The summed E-state index contributed by atoms with van der Waals surface area (Å²) in [6, 6.07) is 13.2. The smallest absolute Gasteiger partial charge is 0.331 e. The van der Waals surface area contributed by atoms with Crippen molar-refractivity contribution in [3.05, 3.63) is 65.4 Å². The minimum absolute atomic E-state index is 0.366. The molecule has 1 aromatic heterocycles. The lowest BCUT2D eigenvalue weighted by molar-refractivity contribution is -0.142. The zero-order valence-corrected chi connectivity index (χ0v) is 16.7. The minimum atomic E-state index is -0.631. The monoisotopic (exact) mass is 393 g/mol. The quantitative estimate of drug-likeness (QED) is 0.472. The van der Waals surface area contributed by atoms with Crippen LogP contribution in [0.25, 0.3) is 17.0 Å². The van der Waals surface area contributed by atoms with Crippen LogP contribution in [0, 0.1) is 6.92 Å². The summed E-state index contributed by atoms with van der Waals surface area (Å²) < 4.78 is 16.0. The average Bonchev–Trinajstić information content (AvgIpc) is 3.15. The standard InChI is InChI=1S/C23H23NO5/c1-4-16-8-5-7-15(2)22(16)24-20(25)14-28-21(26)12-11-18-13-17-9-6-10-19(27-3)23(17)29-18/h5-13H,4,14H2,1-3H3,(H,24,25)/b12-11+. The second-order valence-electron chi connectivity index (χ2n) is 6.48. The maximum atomic E-state index is 12.2. The Balaban J connectivity index is 1.58. The van der Waals surface area contributed by atoms with E-state index in [-0.39, 0.29) is 12.5 Å². The first-order chi connectivity index (χ1) is 14.0. The number of ether oxygens (including phenoxy) is 2. The lowest BCUT2D eigenvalue weighted by Crippen LogP contribution is -2.21. The van der Waals surface area contributed by atoms with Gasteiger partial charge in [0.1, 0.15) is 5.76 Å². The fourth-order valence-electron chi connectivity index (χ4n) is 3.01. The molecule has 2 aromatic carbocycles. The van der Waals surface area contributed by atoms with Gasteiger partial charge in [-0.3, -0.25) is 4.79 Å². The van der Waals surface area contributed by atoms with Gasteiger partial charge in [0.2, 0.25) is 0 Å². The van der Waals surface area contributed by atoms with Crippen LogP contribution < -0.4 is 10.1 Å². The van der Waals surface area contributed by atoms with Gasteiger partial charge in [-0.05, 0) is 42.7 Å². The largest absolute Gasteiger partial charge is 0.493 e. The molecule has 0 fully saturated rings. The number of amides is 1. The van der Waals surface area contributed by atoms with Crippen molar-refractivity contribution in [3.8, 4) is 5.75 Å². The van der Waals surface area contributed by atoms with Gasteiger partial charge in [-0.2, -0.15) is 0 Å². The highest BCUT2D eigenvalue weighted by Crippen LogP contribution is 2.28. The third kappa shape index (κ3) is 4.85. The van der Waals surface area contributed by atoms with Crippen molar-refractivity contribution in [2.45, 2.75) is 20.3 Å². The van der Waals surface area contributed by atoms with Crippen LogP contribution in [0.2, 0.25) is 0 Å². The molecule has 6 nitrogen and oxygen atoms in total. The topological polar surface area (TPSA) is 77.8 Å². The highest BCUT2D eigenvalue weighted by molar-refractivity contribution is 5.96. The number of benzene rings is 2. The van der Waals surface area contributed by atoms with Gasteiger partial charge in [0.15, 0.2) is 17.9 Å². The number of hydrogen-bond donors (Lipinski definition) is 1. The molecule has 6 heteroatoms. The summed E-state index contributed by atoms with van der Waals surface area (Å²) in [6.45, 7) is 3.57. The van der Waals surface area contributed by atoms with Gasteiger partial charge in [-0.1, -0.05) is 37.3 Å².